The van der Waals surface area contributed by atoms with Gasteiger partial charge in [0.15, 0.2) is 12.2 Å². The SMILES string of the molecule is CCCCCCCCCC(=O)OC[C@H](COP(=O)(O)OC[C@H](O)COP(=O)(O)OC[C@@H](COC(=O)CCCCCCCCCCCCCCCCCCCCC(C)C)OC(=O)CCCCCCCCCCCCCCCCCCCCC(C)C)OC(=O)CCCCCCCCC. The van der Waals surface area contributed by atoms with E-state index in [1.54, 1.807) is 0 Å². The number of phosphoric acid groups is 2. The van der Waals surface area contributed by atoms with Crippen LogP contribution in [0.3, 0.4) is 0 Å². The lowest BCUT2D eigenvalue weighted by Crippen LogP contribution is -2.30. The molecule has 2 unspecified atom stereocenters. The fraction of sp³-hybridized carbons (Fsp3) is 0.948. The number of phosphoric ester groups is 2. The molecule has 0 fully saturated rings. The lowest BCUT2D eigenvalue weighted by molar-refractivity contribution is -0.161. The fourth-order valence-corrected chi connectivity index (χ4v) is 13.4. The summed E-state index contributed by atoms with van der Waals surface area (Å²) >= 11 is 0. The van der Waals surface area contributed by atoms with Gasteiger partial charge in [-0.15, -0.1) is 0 Å². The molecule has 96 heavy (non-hydrogen) atoms. The minimum absolute atomic E-state index is 0.104. The number of carbonyl (C=O) groups is 4. The molecule has 0 aliphatic rings. The van der Waals surface area contributed by atoms with Crippen molar-refractivity contribution in [2.24, 2.45) is 11.8 Å². The van der Waals surface area contributed by atoms with Crippen LogP contribution in [0.2, 0.25) is 0 Å². The van der Waals surface area contributed by atoms with Crippen LogP contribution in [0.15, 0.2) is 0 Å². The molecule has 0 rings (SSSR count). The van der Waals surface area contributed by atoms with Crippen molar-refractivity contribution in [2.45, 2.75) is 419 Å². The molecule has 0 saturated carbocycles. The first-order valence-electron chi connectivity index (χ1n) is 40.0. The molecule has 0 spiro atoms. The Hall–Kier alpha value is -1.94. The summed E-state index contributed by atoms with van der Waals surface area (Å²) in [6.45, 7) is 9.58. The van der Waals surface area contributed by atoms with Crippen LogP contribution >= 0.6 is 15.6 Å². The highest BCUT2D eigenvalue weighted by Crippen LogP contribution is 2.45. The van der Waals surface area contributed by atoms with Gasteiger partial charge in [0.2, 0.25) is 0 Å². The van der Waals surface area contributed by atoms with Crippen molar-refractivity contribution in [3.63, 3.8) is 0 Å². The zero-order valence-corrected chi connectivity index (χ0v) is 64.5. The molecule has 0 aliphatic heterocycles. The van der Waals surface area contributed by atoms with Crippen molar-refractivity contribution in [1.82, 2.24) is 0 Å². The molecule has 0 saturated heterocycles. The van der Waals surface area contributed by atoms with Crippen molar-refractivity contribution in [3.05, 3.63) is 0 Å². The van der Waals surface area contributed by atoms with E-state index in [1.807, 2.05) is 0 Å². The summed E-state index contributed by atoms with van der Waals surface area (Å²) in [6, 6.07) is 0. The van der Waals surface area contributed by atoms with E-state index in [-0.39, 0.29) is 25.7 Å². The Morgan fingerprint density at radius 3 is 0.708 bits per heavy atom. The number of ether oxygens (including phenoxy) is 4. The molecule has 570 valence electrons. The van der Waals surface area contributed by atoms with Crippen LogP contribution in [0, 0.1) is 11.8 Å². The number of unbranched alkanes of at least 4 members (excludes halogenated alkanes) is 46. The second kappa shape index (κ2) is 68.8. The highest BCUT2D eigenvalue weighted by Gasteiger charge is 2.30. The second-order valence-corrected chi connectivity index (χ2v) is 31.6. The van der Waals surface area contributed by atoms with Gasteiger partial charge in [-0.05, 0) is 37.5 Å². The number of carbonyl (C=O) groups excluding carboxylic acids is 4. The van der Waals surface area contributed by atoms with E-state index in [2.05, 4.69) is 41.5 Å². The van der Waals surface area contributed by atoms with Crippen molar-refractivity contribution in [2.75, 3.05) is 39.6 Å². The van der Waals surface area contributed by atoms with Crippen LogP contribution in [-0.2, 0) is 65.4 Å². The topological polar surface area (TPSA) is 237 Å². The molecular formula is C77H150O17P2. The highest BCUT2D eigenvalue weighted by molar-refractivity contribution is 7.47. The molecule has 0 radical (unpaired) electrons. The average molecular weight is 1410 g/mol. The van der Waals surface area contributed by atoms with Crippen LogP contribution in [0.25, 0.3) is 0 Å². The monoisotopic (exact) mass is 1410 g/mol. The van der Waals surface area contributed by atoms with Gasteiger partial charge in [0.05, 0.1) is 26.4 Å². The molecule has 0 amide bonds. The average Bonchev–Trinajstić information content (AvgIpc) is 2.00. The van der Waals surface area contributed by atoms with Crippen LogP contribution < -0.4 is 0 Å². The molecule has 0 aromatic rings. The first-order chi connectivity index (χ1) is 46.4. The third-order valence-electron chi connectivity index (χ3n) is 18.0. The highest BCUT2D eigenvalue weighted by atomic mass is 31.2. The molecule has 0 aromatic carbocycles. The molecule has 5 atom stereocenters. The van der Waals surface area contributed by atoms with Crippen molar-refractivity contribution in [3.8, 4) is 0 Å². The Kier molecular flexibility index (Phi) is 67.4. The summed E-state index contributed by atoms with van der Waals surface area (Å²) in [6.07, 6.45) is 57.5. The molecule has 17 nitrogen and oxygen atoms in total. The van der Waals surface area contributed by atoms with Crippen LogP contribution in [-0.4, -0.2) is 96.7 Å². The van der Waals surface area contributed by atoms with Crippen molar-refractivity contribution >= 4 is 39.5 Å². The van der Waals surface area contributed by atoms with Crippen molar-refractivity contribution in [1.29, 1.82) is 0 Å². The summed E-state index contributed by atoms with van der Waals surface area (Å²) in [5, 5.41) is 10.6. The fourth-order valence-electron chi connectivity index (χ4n) is 11.8. The van der Waals surface area contributed by atoms with Gasteiger partial charge in [-0.1, -0.05) is 350 Å². The van der Waals surface area contributed by atoms with Gasteiger partial charge in [0.1, 0.15) is 19.3 Å². The number of aliphatic hydroxyl groups excluding tert-OH is 1. The Balaban J connectivity index is 5.08. The lowest BCUT2D eigenvalue weighted by atomic mass is 10.0. The largest absolute Gasteiger partial charge is 0.472 e. The van der Waals surface area contributed by atoms with E-state index >= 15 is 0 Å². The standard InChI is InChI=1S/C77H150O17P2/c1-7-9-11-13-39-47-53-59-74(79)87-65-72(93-76(81)61-55-49-40-14-12-10-8-2)67-91-95(83,84)89-63-71(78)64-90-96(85,86)92-68-73(94-77(82)62-56-50-44-38-34-30-26-22-18-16-20-24-28-32-36-42-46-52-58-70(5)6)66-88-75(80)60-54-48-43-37-33-29-25-21-17-15-19-23-27-31-35-41-45-51-57-69(3)4/h69-73,78H,7-68H2,1-6H3,(H,83,84)(H,85,86)/t71-,72+,73+/m0/s1. The predicted molar refractivity (Wildman–Crippen MR) is 391 cm³/mol. The molecule has 3 N–H and O–H groups in total. The maximum absolute atomic E-state index is 13.1. The number of hydrogen-bond acceptors (Lipinski definition) is 15. The number of esters is 4. The zero-order valence-electron chi connectivity index (χ0n) is 62.7. The van der Waals surface area contributed by atoms with E-state index in [0.29, 0.717) is 25.7 Å². The van der Waals surface area contributed by atoms with Gasteiger partial charge in [-0.3, -0.25) is 37.3 Å². The summed E-state index contributed by atoms with van der Waals surface area (Å²) in [5.74, 6) is -0.482. The summed E-state index contributed by atoms with van der Waals surface area (Å²) in [5.41, 5.74) is 0. The predicted octanol–water partition coefficient (Wildman–Crippen LogP) is 22.7. The van der Waals surface area contributed by atoms with Gasteiger partial charge in [-0.25, -0.2) is 9.13 Å². The maximum Gasteiger partial charge on any atom is 0.472 e. The second-order valence-electron chi connectivity index (χ2n) is 28.7. The summed E-state index contributed by atoms with van der Waals surface area (Å²) in [7, 11) is -9.90. The maximum atomic E-state index is 13.1. The third kappa shape index (κ3) is 70.5. The van der Waals surface area contributed by atoms with Crippen LogP contribution in [0.5, 0.6) is 0 Å². The van der Waals surface area contributed by atoms with E-state index in [0.717, 1.165) is 127 Å². The number of rotatable bonds is 76. The van der Waals surface area contributed by atoms with Crippen molar-refractivity contribution < 1.29 is 80.2 Å². The Bertz CT molecular complexity index is 1860. The molecule has 19 heteroatoms. The molecule has 0 aliphatic carbocycles. The van der Waals surface area contributed by atoms with Gasteiger partial charge in [-0.2, -0.15) is 0 Å². The Morgan fingerprint density at radius 1 is 0.281 bits per heavy atom. The van der Waals surface area contributed by atoms with Crippen LogP contribution in [0.1, 0.15) is 401 Å². The van der Waals surface area contributed by atoms with Crippen LogP contribution in [0.4, 0.5) is 0 Å². The smallest absolute Gasteiger partial charge is 0.462 e. The first-order valence-corrected chi connectivity index (χ1v) is 43.0. The van der Waals surface area contributed by atoms with Gasteiger partial charge < -0.3 is 33.8 Å². The third-order valence-corrected chi connectivity index (χ3v) is 19.9. The minimum atomic E-state index is -4.96. The van der Waals surface area contributed by atoms with Gasteiger partial charge >= 0.3 is 39.5 Å². The number of aliphatic hydroxyl groups is 1. The first kappa shape index (κ1) is 94.1. The molecule has 0 bridgehead atoms. The van der Waals surface area contributed by atoms with Gasteiger partial charge in [0.25, 0.3) is 0 Å². The summed E-state index contributed by atoms with van der Waals surface area (Å²) < 4.78 is 68.2. The Morgan fingerprint density at radius 2 is 0.479 bits per heavy atom. The molecular weight excluding hydrogens is 1260 g/mol. The summed E-state index contributed by atoms with van der Waals surface area (Å²) in [4.78, 5) is 72.5. The normalized spacial score (nSPS) is 14.0. The zero-order chi connectivity index (χ0) is 70.7. The van der Waals surface area contributed by atoms with E-state index in [4.69, 9.17) is 37.0 Å². The van der Waals surface area contributed by atoms with Gasteiger partial charge in [0, 0.05) is 25.7 Å². The number of hydrogen-bond donors (Lipinski definition) is 3. The van der Waals surface area contributed by atoms with E-state index < -0.39 is 97.5 Å². The quantitative estimate of drug-likeness (QED) is 0.0222. The molecule has 0 aromatic heterocycles. The lowest BCUT2D eigenvalue weighted by Gasteiger charge is -2.21. The van der Waals surface area contributed by atoms with E-state index in [1.165, 1.54) is 193 Å². The minimum Gasteiger partial charge on any atom is -0.462 e. The Labute approximate surface area is 588 Å². The molecule has 0 heterocycles. The van der Waals surface area contributed by atoms with E-state index in [9.17, 15) is 43.2 Å².